The van der Waals surface area contributed by atoms with Crippen molar-refractivity contribution in [1.82, 2.24) is 0 Å². The van der Waals surface area contributed by atoms with Gasteiger partial charge in [-0.25, -0.2) is 0 Å². The second-order valence-electron chi connectivity index (χ2n) is 3.53. The summed E-state index contributed by atoms with van der Waals surface area (Å²) < 4.78 is 15.8. The first-order chi connectivity index (χ1) is 8.62. The van der Waals surface area contributed by atoms with Crippen LogP contribution in [-0.4, -0.2) is 19.7 Å². The predicted molar refractivity (Wildman–Crippen MR) is 63.5 cm³/mol. The number of methoxy groups -OCH3 is 1. The molecule has 94 valence electrons. The summed E-state index contributed by atoms with van der Waals surface area (Å²) in [5.74, 6) is 0.326. The zero-order valence-corrected chi connectivity index (χ0v) is 10.5. The monoisotopic (exact) mass is 246 g/mol. The van der Waals surface area contributed by atoms with Crippen LogP contribution in [0.1, 0.15) is 25.0 Å². The number of benzene rings is 1. The van der Waals surface area contributed by atoms with Crippen molar-refractivity contribution in [3.8, 4) is 17.9 Å². The van der Waals surface area contributed by atoms with Gasteiger partial charge in [0.25, 0.3) is 0 Å². The molecule has 5 heteroatoms. The van der Waals surface area contributed by atoms with Crippen molar-refractivity contribution in [3.05, 3.63) is 29.3 Å². The van der Waals surface area contributed by atoms with E-state index in [2.05, 4.69) is 0 Å². The van der Waals surface area contributed by atoms with Crippen molar-refractivity contribution in [3.63, 3.8) is 0 Å². The van der Waals surface area contributed by atoms with Gasteiger partial charge in [-0.3, -0.25) is 0 Å². The third kappa shape index (κ3) is 3.46. The lowest BCUT2D eigenvalue weighted by molar-refractivity contribution is -0.193. The third-order valence-electron chi connectivity index (χ3n) is 2.27. The van der Waals surface area contributed by atoms with Gasteiger partial charge >= 0.3 is 0 Å². The Bertz CT molecular complexity index is 488. The van der Waals surface area contributed by atoms with Crippen LogP contribution in [0.15, 0.2) is 18.2 Å². The molecule has 0 spiro atoms. The second kappa shape index (κ2) is 6.61. The van der Waals surface area contributed by atoms with E-state index >= 15 is 0 Å². The lowest BCUT2D eigenvalue weighted by Crippen LogP contribution is -2.23. The summed E-state index contributed by atoms with van der Waals surface area (Å²) >= 11 is 0. The number of hydrogen-bond acceptors (Lipinski definition) is 5. The molecule has 0 bridgehead atoms. The highest BCUT2D eigenvalue weighted by Gasteiger charge is 2.14. The number of nitriles is 2. The van der Waals surface area contributed by atoms with E-state index in [1.807, 2.05) is 12.1 Å². The van der Waals surface area contributed by atoms with Crippen molar-refractivity contribution in [2.45, 2.75) is 26.4 Å². The maximum Gasteiger partial charge on any atom is 0.199 e. The Morgan fingerprint density at radius 3 is 2.39 bits per heavy atom. The van der Waals surface area contributed by atoms with Crippen LogP contribution in [0.2, 0.25) is 0 Å². The second-order valence-corrected chi connectivity index (χ2v) is 3.53. The van der Waals surface area contributed by atoms with E-state index < -0.39 is 12.6 Å². The van der Waals surface area contributed by atoms with Crippen LogP contribution in [0, 0.1) is 22.7 Å². The van der Waals surface area contributed by atoms with Gasteiger partial charge in [-0.15, -0.1) is 0 Å². The molecule has 0 radical (unpaired) electrons. The van der Waals surface area contributed by atoms with Crippen molar-refractivity contribution >= 4 is 0 Å². The highest BCUT2D eigenvalue weighted by atomic mass is 16.8. The summed E-state index contributed by atoms with van der Waals surface area (Å²) in [5.41, 5.74) is 0.488. The van der Waals surface area contributed by atoms with Crippen molar-refractivity contribution in [1.29, 1.82) is 10.5 Å². The average molecular weight is 246 g/mol. The minimum absolute atomic E-state index is 0.209. The Labute approximate surface area is 106 Å². The number of nitrogens with zero attached hydrogens (tertiary/aromatic N) is 2. The van der Waals surface area contributed by atoms with Gasteiger partial charge in [0.15, 0.2) is 12.6 Å². The predicted octanol–water partition coefficient (Wildman–Crippen LogP) is 2.16. The zero-order valence-electron chi connectivity index (χ0n) is 10.5. The molecule has 0 amide bonds. The van der Waals surface area contributed by atoms with Gasteiger partial charge < -0.3 is 14.2 Å². The van der Waals surface area contributed by atoms with E-state index in [0.29, 0.717) is 5.75 Å². The van der Waals surface area contributed by atoms with Gasteiger partial charge in [0, 0.05) is 7.11 Å². The molecule has 1 aromatic carbocycles. The topological polar surface area (TPSA) is 75.3 Å². The normalized spacial score (nSPS) is 13.2. The van der Waals surface area contributed by atoms with Gasteiger partial charge in [-0.2, -0.15) is 10.5 Å². The molecule has 0 aromatic heterocycles. The van der Waals surface area contributed by atoms with Crippen LogP contribution in [0.4, 0.5) is 0 Å². The van der Waals surface area contributed by atoms with Gasteiger partial charge in [0.05, 0.1) is 5.56 Å². The molecule has 1 aromatic rings. The van der Waals surface area contributed by atoms with Crippen LogP contribution >= 0.6 is 0 Å². The third-order valence-corrected chi connectivity index (χ3v) is 2.27. The Kier molecular flexibility index (Phi) is 5.13. The molecule has 2 atom stereocenters. The van der Waals surface area contributed by atoms with E-state index in [4.69, 9.17) is 24.7 Å². The molecule has 0 heterocycles. The average Bonchev–Trinajstić information content (AvgIpc) is 2.37. The summed E-state index contributed by atoms with van der Waals surface area (Å²) in [6.45, 7) is 3.42. The summed E-state index contributed by atoms with van der Waals surface area (Å²) in [6.07, 6.45) is -0.995. The van der Waals surface area contributed by atoms with Crippen LogP contribution in [0.5, 0.6) is 5.75 Å². The molecular weight excluding hydrogens is 232 g/mol. The highest BCUT2D eigenvalue weighted by molar-refractivity contribution is 5.53. The Balaban J connectivity index is 2.86. The fraction of sp³-hybridized carbons (Fsp3) is 0.385. The summed E-state index contributed by atoms with van der Waals surface area (Å²) in [6, 6.07) is 8.74. The first kappa shape index (κ1) is 14.0. The summed E-state index contributed by atoms with van der Waals surface area (Å²) in [5, 5.41) is 17.9. The molecule has 0 N–H and O–H groups in total. The first-order valence-corrected chi connectivity index (χ1v) is 5.40. The minimum atomic E-state index is -0.582. The molecule has 18 heavy (non-hydrogen) atoms. The molecule has 0 saturated heterocycles. The maximum atomic E-state index is 9.02. The zero-order chi connectivity index (χ0) is 13.5. The lowest BCUT2D eigenvalue weighted by Gasteiger charge is -2.19. The van der Waals surface area contributed by atoms with Crippen molar-refractivity contribution < 1.29 is 14.2 Å². The fourth-order valence-corrected chi connectivity index (χ4v) is 1.37. The van der Waals surface area contributed by atoms with E-state index in [1.54, 1.807) is 32.0 Å². The molecule has 5 nitrogen and oxygen atoms in total. The SMILES string of the molecule is COC(C)OC(C)Oc1cccc(C#N)c1C#N. The number of hydrogen-bond donors (Lipinski definition) is 0. The lowest BCUT2D eigenvalue weighted by atomic mass is 10.1. The molecule has 0 aliphatic rings. The van der Waals surface area contributed by atoms with Gasteiger partial charge in [0.2, 0.25) is 0 Å². The van der Waals surface area contributed by atoms with Crippen LogP contribution in [0.25, 0.3) is 0 Å². The van der Waals surface area contributed by atoms with Crippen LogP contribution in [0.3, 0.4) is 0 Å². The van der Waals surface area contributed by atoms with Crippen molar-refractivity contribution in [2.24, 2.45) is 0 Å². The smallest absolute Gasteiger partial charge is 0.199 e. The Hall–Kier alpha value is -2.08. The molecule has 0 aliphatic heterocycles. The van der Waals surface area contributed by atoms with Crippen LogP contribution < -0.4 is 4.74 Å². The van der Waals surface area contributed by atoms with E-state index in [0.717, 1.165) is 0 Å². The van der Waals surface area contributed by atoms with Crippen molar-refractivity contribution in [2.75, 3.05) is 7.11 Å². The molecule has 1 rings (SSSR count). The molecular formula is C13H14N2O3. The number of rotatable bonds is 5. The quantitative estimate of drug-likeness (QED) is 0.744. The summed E-state index contributed by atoms with van der Waals surface area (Å²) in [4.78, 5) is 0. The minimum Gasteiger partial charge on any atom is -0.464 e. The fourth-order valence-electron chi connectivity index (χ4n) is 1.37. The van der Waals surface area contributed by atoms with Gasteiger partial charge in [0.1, 0.15) is 23.5 Å². The molecule has 0 aliphatic carbocycles. The molecule has 2 unspecified atom stereocenters. The maximum absolute atomic E-state index is 9.02. The summed E-state index contributed by atoms with van der Waals surface area (Å²) in [7, 11) is 1.52. The van der Waals surface area contributed by atoms with E-state index in [-0.39, 0.29) is 11.1 Å². The standard InChI is InChI=1S/C13H14N2O3/c1-9(16-3)17-10(2)18-13-6-4-5-11(7-14)12(13)8-15/h4-6,9-10H,1-3H3. The van der Waals surface area contributed by atoms with Crippen LogP contribution in [-0.2, 0) is 9.47 Å². The van der Waals surface area contributed by atoms with E-state index in [1.165, 1.54) is 7.11 Å². The van der Waals surface area contributed by atoms with E-state index in [9.17, 15) is 0 Å². The highest BCUT2D eigenvalue weighted by Crippen LogP contribution is 2.22. The largest absolute Gasteiger partial charge is 0.464 e. The first-order valence-electron chi connectivity index (χ1n) is 5.40. The molecule has 0 saturated carbocycles. The number of ether oxygens (including phenoxy) is 3. The van der Waals surface area contributed by atoms with Gasteiger partial charge in [-0.1, -0.05) is 6.07 Å². The Morgan fingerprint density at radius 1 is 1.11 bits per heavy atom. The molecule has 0 fully saturated rings. The Morgan fingerprint density at radius 2 is 1.83 bits per heavy atom. The van der Waals surface area contributed by atoms with Gasteiger partial charge in [-0.05, 0) is 26.0 Å².